The number of rotatable bonds is 11. The molecule has 0 bridgehead atoms. The standard InChI is InChI=1S/C25H34N4O3/c1-19(2)25(31)27-12-11-26-18-20-9-14-29(15-10-20)13-4-16-32-22-6-7-23-21(17-22)5-8-24(30)28(23)3/h5-10,14,17,19,26H,4,11-13,15-16,18H2,1-3H3,(H,27,31). The zero-order chi connectivity index (χ0) is 22.9. The number of hydrogen-bond acceptors (Lipinski definition) is 5. The van der Waals surface area contributed by atoms with Crippen LogP contribution >= 0.6 is 0 Å². The first-order valence-corrected chi connectivity index (χ1v) is 11.3. The molecule has 3 rings (SSSR count). The molecule has 1 amide bonds. The zero-order valence-corrected chi connectivity index (χ0v) is 19.3. The fourth-order valence-electron chi connectivity index (χ4n) is 3.48. The maximum atomic E-state index is 11.7. The lowest BCUT2D eigenvalue weighted by Gasteiger charge is -2.23. The van der Waals surface area contributed by atoms with Crippen molar-refractivity contribution in [1.29, 1.82) is 0 Å². The molecule has 1 aliphatic rings. The van der Waals surface area contributed by atoms with Crippen LogP contribution in [0.2, 0.25) is 0 Å². The minimum Gasteiger partial charge on any atom is -0.494 e. The first-order valence-electron chi connectivity index (χ1n) is 11.3. The Morgan fingerprint density at radius 2 is 2.03 bits per heavy atom. The van der Waals surface area contributed by atoms with Crippen molar-refractivity contribution in [2.45, 2.75) is 20.3 Å². The quantitative estimate of drug-likeness (QED) is 0.527. The van der Waals surface area contributed by atoms with E-state index >= 15 is 0 Å². The van der Waals surface area contributed by atoms with E-state index in [0.29, 0.717) is 13.2 Å². The van der Waals surface area contributed by atoms with Crippen LogP contribution in [0.1, 0.15) is 20.3 Å². The maximum absolute atomic E-state index is 11.7. The van der Waals surface area contributed by atoms with Crippen molar-refractivity contribution in [3.05, 3.63) is 64.6 Å². The fourth-order valence-corrected chi connectivity index (χ4v) is 3.48. The summed E-state index contributed by atoms with van der Waals surface area (Å²) in [4.78, 5) is 25.5. The SMILES string of the molecule is CC(C)C(=O)NCCNCC1=CCN(CCCOc2ccc3c(ccc(=O)n3C)c2)C=C1. The molecule has 0 atom stereocenters. The Hall–Kier alpha value is -3.06. The molecule has 0 saturated carbocycles. The molecular weight excluding hydrogens is 404 g/mol. The number of benzene rings is 1. The lowest BCUT2D eigenvalue weighted by atomic mass is 10.2. The lowest BCUT2D eigenvalue weighted by molar-refractivity contribution is -0.123. The van der Waals surface area contributed by atoms with E-state index in [-0.39, 0.29) is 17.4 Å². The van der Waals surface area contributed by atoms with Gasteiger partial charge in [0.2, 0.25) is 5.91 Å². The normalized spacial score (nSPS) is 13.5. The molecule has 2 heterocycles. The maximum Gasteiger partial charge on any atom is 0.250 e. The van der Waals surface area contributed by atoms with Gasteiger partial charge in [-0.05, 0) is 48.5 Å². The predicted molar refractivity (Wildman–Crippen MR) is 129 cm³/mol. The molecule has 32 heavy (non-hydrogen) atoms. The van der Waals surface area contributed by atoms with E-state index in [1.165, 1.54) is 5.57 Å². The molecule has 2 aromatic rings. The molecule has 0 spiro atoms. The van der Waals surface area contributed by atoms with Gasteiger partial charge < -0.3 is 24.8 Å². The van der Waals surface area contributed by atoms with Gasteiger partial charge in [0.1, 0.15) is 5.75 Å². The van der Waals surface area contributed by atoms with Crippen molar-refractivity contribution in [2.75, 3.05) is 39.3 Å². The highest BCUT2D eigenvalue weighted by Crippen LogP contribution is 2.19. The van der Waals surface area contributed by atoms with Gasteiger partial charge in [0.05, 0.1) is 12.1 Å². The van der Waals surface area contributed by atoms with Crippen LogP contribution in [-0.4, -0.2) is 54.7 Å². The van der Waals surface area contributed by atoms with Crippen LogP contribution in [-0.2, 0) is 11.8 Å². The molecule has 7 heteroatoms. The summed E-state index contributed by atoms with van der Waals surface area (Å²) in [6, 6.07) is 9.24. The second-order valence-electron chi connectivity index (χ2n) is 8.37. The second kappa shape index (κ2) is 11.5. The van der Waals surface area contributed by atoms with E-state index in [1.807, 2.05) is 38.1 Å². The molecule has 2 N–H and O–H groups in total. The average Bonchev–Trinajstić information content (AvgIpc) is 2.79. The third kappa shape index (κ3) is 6.72. The van der Waals surface area contributed by atoms with Crippen LogP contribution in [0.25, 0.3) is 10.9 Å². The molecule has 0 radical (unpaired) electrons. The largest absolute Gasteiger partial charge is 0.494 e. The molecular formula is C25H34N4O3. The Morgan fingerprint density at radius 3 is 2.78 bits per heavy atom. The van der Waals surface area contributed by atoms with Crippen molar-refractivity contribution in [2.24, 2.45) is 13.0 Å². The summed E-state index contributed by atoms with van der Waals surface area (Å²) in [5.41, 5.74) is 2.16. The summed E-state index contributed by atoms with van der Waals surface area (Å²) in [7, 11) is 1.78. The number of carbonyl (C=O) groups is 1. The van der Waals surface area contributed by atoms with E-state index < -0.39 is 0 Å². The van der Waals surface area contributed by atoms with E-state index in [0.717, 1.165) is 49.3 Å². The van der Waals surface area contributed by atoms with Gasteiger partial charge in [-0.15, -0.1) is 0 Å². The molecule has 172 valence electrons. The Kier molecular flexibility index (Phi) is 8.50. The molecule has 1 aliphatic heterocycles. The van der Waals surface area contributed by atoms with Crippen LogP contribution in [0.5, 0.6) is 5.75 Å². The summed E-state index contributed by atoms with van der Waals surface area (Å²) < 4.78 is 7.55. The minimum absolute atomic E-state index is 0.0103. The number of nitrogens with zero attached hydrogens (tertiary/aromatic N) is 2. The number of amides is 1. The molecule has 0 aliphatic carbocycles. The molecule has 7 nitrogen and oxygen atoms in total. The van der Waals surface area contributed by atoms with Crippen LogP contribution < -0.4 is 20.9 Å². The van der Waals surface area contributed by atoms with Crippen LogP contribution in [0.15, 0.2) is 59.1 Å². The van der Waals surface area contributed by atoms with Gasteiger partial charge in [-0.1, -0.05) is 19.9 Å². The van der Waals surface area contributed by atoms with Crippen LogP contribution in [0, 0.1) is 5.92 Å². The van der Waals surface area contributed by atoms with Gasteiger partial charge >= 0.3 is 0 Å². The Labute approximate surface area is 189 Å². The Morgan fingerprint density at radius 1 is 1.19 bits per heavy atom. The number of nitrogens with one attached hydrogen (secondary N) is 2. The first-order chi connectivity index (χ1) is 15.4. The molecule has 1 aromatic carbocycles. The van der Waals surface area contributed by atoms with Crippen molar-refractivity contribution < 1.29 is 9.53 Å². The molecule has 0 fully saturated rings. The highest BCUT2D eigenvalue weighted by Gasteiger charge is 2.07. The first kappa shape index (κ1) is 23.6. The summed E-state index contributed by atoms with van der Waals surface area (Å²) in [6.07, 6.45) is 7.42. The Bertz CT molecular complexity index is 1040. The van der Waals surface area contributed by atoms with Gasteiger partial charge in [0.15, 0.2) is 0 Å². The van der Waals surface area contributed by atoms with Gasteiger partial charge in [-0.2, -0.15) is 0 Å². The number of aryl methyl sites for hydroxylation is 1. The highest BCUT2D eigenvalue weighted by molar-refractivity contribution is 5.80. The van der Waals surface area contributed by atoms with E-state index in [4.69, 9.17) is 4.74 Å². The third-order valence-corrected chi connectivity index (χ3v) is 5.50. The monoisotopic (exact) mass is 438 g/mol. The van der Waals surface area contributed by atoms with Crippen molar-refractivity contribution in [3.8, 4) is 5.75 Å². The van der Waals surface area contributed by atoms with E-state index in [1.54, 1.807) is 17.7 Å². The molecule has 0 saturated heterocycles. The minimum atomic E-state index is -0.0103. The van der Waals surface area contributed by atoms with E-state index in [9.17, 15) is 9.59 Å². The van der Waals surface area contributed by atoms with Crippen LogP contribution in [0.3, 0.4) is 0 Å². The predicted octanol–water partition coefficient (Wildman–Crippen LogP) is 2.42. The summed E-state index contributed by atoms with van der Waals surface area (Å²) in [6.45, 7) is 8.46. The van der Waals surface area contributed by atoms with Gasteiger partial charge in [0.25, 0.3) is 5.56 Å². The summed E-state index contributed by atoms with van der Waals surface area (Å²) >= 11 is 0. The van der Waals surface area contributed by atoms with Crippen molar-refractivity contribution >= 4 is 16.8 Å². The topological polar surface area (TPSA) is 75.6 Å². The summed E-state index contributed by atoms with van der Waals surface area (Å²) in [5.74, 6) is 0.943. The van der Waals surface area contributed by atoms with Gasteiger partial charge in [0, 0.05) is 57.1 Å². The smallest absolute Gasteiger partial charge is 0.250 e. The van der Waals surface area contributed by atoms with Crippen molar-refractivity contribution in [3.63, 3.8) is 0 Å². The third-order valence-electron chi connectivity index (χ3n) is 5.50. The number of carbonyl (C=O) groups excluding carboxylic acids is 1. The number of fused-ring (bicyclic) bond motifs is 1. The van der Waals surface area contributed by atoms with E-state index in [2.05, 4.69) is 33.9 Å². The Balaban J connectivity index is 1.31. The second-order valence-corrected chi connectivity index (χ2v) is 8.37. The fraction of sp³-hybridized carbons (Fsp3) is 0.440. The number of ether oxygens (including phenoxy) is 1. The molecule has 1 aromatic heterocycles. The number of aromatic nitrogens is 1. The van der Waals surface area contributed by atoms with Crippen LogP contribution in [0.4, 0.5) is 0 Å². The zero-order valence-electron chi connectivity index (χ0n) is 19.3. The van der Waals surface area contributed by atoms with Gasteiger partial charge in [-0.3, -0.25) is 9.59 Å². The number of hydrogen-bond donors (Lipinski definition) is 2. The average molecular weight is 439 g/mol. The number of pyridine rings is 1. The van der Waals surface area contributed by atoms with Gasteiger partial charge in [-0.25, -0.2) is 0 Å². The lowest BCUT2D eigenvalue weighted by Crippen LogP contribution is -2.35. The highest BCUT2D eigenvalue weighted by atomic mass is 16.5. The molecule has 0 unspecified atom stereocenters. The van der Waals surface area contributed by atoms with Crippen molar-refractivity contribution in [1.82, 2.24) is 20.1 Å². The summed E-state index contributed by atoms with van der Waals surface area (Å²) in [5, 5.41) is 7.27.